The van der Waals surface area contributed by atoms with Crippen molar-refractivity contribution in [3.8, 4) is 5.75 Å². The molecule has 0 saturated carbocycles. The molecule has 6 heteroatoms. The van der Waals surface area contributed by atoms with Crippen LogP contribution in [0.25, 0.3) is 0 Å². The molecule has 5 nitrogen and oxygen atoms in total. The summed E-state index contributed by atoms with van der Waals surface area (Å²) < 4.78 is 24.9. The van der Waals surface area contributed by atoms with Crippen LogP contribution in [-0.4, -0.2) is 11.1 Å². The third kappa shape index (κ3) is 3.74. The van der Waals surface area contributed by atoms with Crippen LogP contribution in [-0.2, 0) is 6.61 Å². The van der Waals surface area contributed by atoms with Gasteiger partial charge >= 0.3 is 0 Å². The molecule has 0 aliphatic heterocycles. The maximum absolute atomic E-state index is 14.0. The Bertz CT molecular complexity index is 930. The Morgan fingerprint density at radius 2 is 1.96 bits per heavy atom. The monoisotopic (exact) mass is 354 g/mol. The van der Waals surface area contributed by atoms with Crippen LogP contribution in [0, 0.1) is 26.6 Å². The first-order chi connectivity index (χ1) is 12.5. The average molecular weight is 354 g/mol. The number of rotatable bonds is 5. The number of nitrogens with one attached hydrogen (secondary N) is 1. The number of carbonyl (C=O) groups is 1. The van der Waals surface area contributed by atoms with Gasteiger partial charge in [0, 0.05) is 0 Å². The molecule has 1 N–H and O–H groups in total. The molecule has 0 saturated heterocycles. The number of nitrogens with zero attached hydrogens (tertiary/aromatic N) is 1. The van der Waals surface area contributed by atoms with E-state index in [-0.39, 0.29) is 12.3 Å². The van der Waals surface area contributed by atoms with E-state index in [1.54, 1.807) is 44.2 Å². The molecule has 0 bridgehead atoms. The Morgan fingerprint density at radius 1 is 1.19 bits per heavy atom. The zero-order valence-corrected chi connectivity index (χ0v) is 14.8. The number of anilines is 1. The smallest absolute Gasteiger partial charge is 0.259 e. The molecule has 0 aliphatic carbocycles. The van der Waals surface area contributed by atoms with Gasteiger partial charge in [0.2, 0.25) is 0 Å². The molecule has 0 fully saturated rings. The third-order valence-electron chi connectivity index (χ3n) is 4.06. The summed E-state index contributed by atoms with van der Waals surface area (Å²) in [5.41, 5.74) is 2.81. The molecular weight excluding hydrogens is 335 g/mol. The number of carbonyl (C=O) groups excluding carboxylic acids is 1. The Hall–Kier alpha value is -3.15. The number of hydrogen-bond acceptors (Lipinski definition) is 4. The fourth-order valence-corrected chi connectivity index (χ4v) is 2.55. The summed E-state index contributed by atoms with van der Waals surface area (Å²) >= 11 is 0. The second-order valence-electron chi connectivity index (χ2n) is 6.02. The molecule has 134 valence electrons. The standard InChI is InChI=1S/C20H19FN2O3/c1-12-8-9-18(17(21)10-12)22-20(24)15-6-4-5-7-19(15)25-11-16-13(2)23-26-14(16)3/h4-10H,11H2,1-3H3,(H,22,24). The largest absolute Gasteiger partial charge is 0.488 e. The van der Waals surface area contributed by atoms with Crippen molar-refractivity contribution in [3.63, 3.8) is 0 Å². The zero-order chi connectivity index (χ0) is 18.7. The first kappa shape index (κ1) is 17.7. The topological polar surface area (TPSA) is 64.4 Å². The maximum atomic E-state index is 14.0. The molecule has 3 rings (SSSR count). The first-order valence-corrected chi connectivity index (χ1v) is 8.17. The highest BCUT2D eigenvalue weighted by molar-refractivity contribution is 6.06. The molecule has 0 spiro atoms. The Balaban J connectivity index is 1.79. The highest BCUT2D eigenvalue weighted by Gasteiger charge is 2.16. The molecule has 0 unspecified atom stereocenters. The molecule has 1 aromatic heterocycles. The van der Waals surface area contributed by atoms with E-state index in [0.29, 0.717) is 17.1 Å². The van der Waals surface area contributed by atoms with Gasteiger partial charge in [-0.3, -0.25) is 4.79 Å². The minimum Gasteiger partial charge on any atom is -0.488 e. The number of aryl methyl sites for hydroxylation is 3. The van der Waals surface area contributed by atoms with Crippen molar-refractivity contribution in [2.75, 3.05) is 5.32 Å². The molecule has 1 heterocycles. The van der Waals surface area contributed by atoms with E-state index >= 15 is 0 Å². The number of ether oxygens (including phenoxy) is 1. The fourth-order valence-electron chi connectivity index (χ4n) is 2.55. The van der Waals surface area contributed by atoms with E-state index in [1.807, 2.05) is 6.92 Å². The number of aromatic nitrogens is 1. The predicted molar refractivity (Wildman–Crippen MR) is 95.8 cm³/mol. The summed E-state index contributed by atoms with van der Waals surface area (Å²) in [6.07, 6.45) is 0. The first-order valence-electron chi connectivity index (χ1n) is 8.17. The fraction of sp³-hybridized carbons (Fsp3) is 0.200. The highest BCUT2D eigenvalue weighted by atomic mass is 19.1. The van der Waals surface area contributed by atoms with Crippen molar-refractivity contribution in [1.29, 1.82) is 0 Å². The van der Waals surface area contributed by atoms with Gasteiger partial charge in [-0.2, -0.15) is 0 Å². The molecule has 0 radical (unpaired) electrons. The number of halogens is 1. The molecular formula is C20H19FN2O3. The van der Waals surface area contributed by atoms with Crippen molar-refractivity contribution < 1.29 is 18.4 Å². The number of para-hydroxylation sites is 1. The van der Waals surface area contributed by atoms with Crippen molar-refractivity contribution in [2.24, 2.45) is 0 Å². The molecule has 26 heavy (non-hydrogen) atoms. The minimum atomic E-state index is -0.479. The van der Waals surface area contributed by atoms with E-state index < -0.39 is 11.7 Å². The van der Waals surface area contributed by atoms with Crippen molar-refractivity contribution in [1.82, 2.24) is 5.16 Å². The highest BCUT2D eigenvalue weighted by Crippen LogP contribution is 2.23. The van der Waals surface area contributed by atoms with Gasteiger partial charge in [-0.15, -0.1) is 0 Å². The van der Waals surface area contributed by atoms with Crippen LogP contribution in [0.15, 0.2) is 47.0 Å². The lowest BCUT2D eigenvalue weighted by Crippen LogP contribution is -2.14. The number of amides is 1. The van der Waals surface area contributed by atoms with Gasteiger partial charge in [0.1, 0.15) is 23.9 Å². The van der Waals surface area contributed by atoms with Crippen molar-refractivity contribution in [2.45, 2.75) is 27.4 Å². The van der Waals surface area contributed by atoms with Gasteiger partial charge in [-0.25, -0.2) is 4.39 Å². The molecule has 0 aliphatic rings. The Morgan fingerprint density at radius 3 is 2.65 bits per heavy atom. The summed E-state index contributed by atoms with van der Waals surface area (Å²) in [5, 5.41) is 6.47. The molecule has 2 aromatic carbocycles. The van der Waals surface area contributed by atoms with Crippen LogP contribution in [0.3, 0.4) is 0 Å². The van der Waals surface area contributed by atoms with Gasteiger partial charge in [-0.05, 0) is 50.6 Å². The second kappa shape index (κ2) is 7.39. The van der Waals surface area contributed by atoms with E-state index in [0.717, 1.165) is 16.8 Å². The lowest BCUT2D eigenvalue weighted by Gasteiger charge is -2.12. The quantitative estimate of drug-likeness (QED) is 0.729. The number of hydrogen-bond donors (Lipinski definition) is 1. The van der Waals surface area contributed by atoms with E-state index in [9.17, 15) is 9.18 Å². The zero-order valence-electron chi connectivity index (χ0n) is 14.8. The van der Waals surface area contributed by atoms with Crippen LogP contribution in [0.1, 0.15) is 32.9 Å². The normalized spacial score (nSPS) is 10.6. The van der Waals surface area contributed by atoms with Crippen LogP contribution in [0.4, 0.5) is 10.1 Å². The van der Waals surface area contributed by atoms with Gasteiger partial charge in [0.25, 0.3) is 5.91 Å². The van der Waals surface area contributed by atoms with Crippen molar-refractivity contribution >= 4 is 11.6 Å². The molecule has 0 atom stereocenters. The Kier molecular flexibility index (Phi) is 5.02. The van der Waals surface area contributed by atoms with E-state index in [2.05, 4.69) is 10.5 Å². The summed E-state index contributed by atoms with van der Waals surface area (Å²) in [7, 11) is 0. The lowest BCUT2D eigenvalue weighted by molar-refractivity contribution is 0.102. The number of benzene rings is 2. The Labute approximate surface area is 150 Å². The summed E-state index contributed by atoms with van der Waals surface area (Å²) in [6.45, 7) is 5.64. The van der Waals surface area contributed by atoms with E-state index in [1.165, 1.54) is 12.1 Å². The van der Waals surface area contributed by atoms with Gasteiger partial charge < -0.3 is 14.6 Å². The van der Waals surface area contributed by atoms with Crippen LogP contribution in [0.2, 0.25) is 0 Å². The van der Waals surface area contributed by atoms with E-state index in [4.69, 9.17) is 9.26 Å². The van der Waals surface area contributed by atoms with Gasteiger partial charge in [0.15, 0.2) is 0 Å². The summed E-state index contributed by atoms with van der Waals surface area (Å²) in [6, 6.07) is 11.5. The van der Waals surface area contributed by atoms with Gasteiger partial charge in [0.05, 0.1) is 22.5 Å². The van der Waals surface area contributed by atoms with Crippen LogP contribution in [0.5, 0.6) is 5.75 Å². The van der Waals surface area contributed by atoms with Crippen LogP contribution >= 0.6 is 0 Å². The minimum absolute atomic E-state index is 0.126. The summed E-state index contributed by atoms with van der Waals surface area (Å²) in [4.78, 5) is 12.6. The van der Waals surface area contributed by atoms with Crippen molar-refractivity contribution in [3.05, 3.63) is 76.4 Å². The maximum Gasteiger partial charge on any atom is 0.259 e. The molecule has 3 aromatic rings. The predicted octanol–water partition coefficient (Wildman–Crippen LogP) is 4.57. The summed E-state index contributed by atoms with van der Waals surface area (Å²) in [5.74, 6) is 0.151. The third-order valence-corrected chi connectivity index (χ3v) is 4.06. The lowest BCUT2D eigenvalue weighted by atomic mass is 10.1. The average Bonchev–Trinajstić information content (AvgIpc) is 2.94. The van der Waals surface area contributed by atoms with Gasteiger partial charge in [-0.1, -0.05) is 23.4 Å². The SMILES string of the molecule is Cc1ccc(NC(=O)c2ccccc2OCc2c(C)noc2C)c(F)c1. The second-order valence-corrected chi connectivity index (χ2v) is 6.02. The molecule has 1 amide bonds. The van der Waals surface area contributed by atoms with Crippen LogP contribution < -0.4 is 10.1 Å².